The summed E-state index contributed by atoms with van der Waals surface area (Å²) in [6.45, 7) is 0.217. The molecule has 0 fully saturated rings. The molecule has 2 aromatic heterocycles. The number of nitrogens with two attached hydrogens (primary N) is 1. The van der Waals surface area contributed by atoms with E-state index in [4.69, 9.17) is 15.3 Å². The zero-order valence-electron chi connectivity index (χ0n) is 12.9. The van der Waals surface area contributed by atoms with Gasteiger partial charge in [-0.3, -0.25) is 9.59 Å². The largest absolute Gasteiger partial charge is 0.467 e. The van der Waals surface area contributed by atoms with Crippen molar-refractivity contribution in [1.29, 1.82) is 0 Å². The Balaban J connectivity index is 2.18. The lowest BCUT2D eigenvalue weighted by Crippen LogP contribution is -2.32. The van der Waals surface area contributed by atoms with E-state index in [9.17, 15) is 9.59 Å². The summed E-state index contributed by atoms with van der Waals surface area (Å²) >= 11 is 0. The Labute approximate surface area is 137 Å². The molecule has 0 bridgehead atoms. The monoisotopic (exact) mass is 327 g/mol. The molecule has 7 heteroatoms. The quantitative estimate of drug-likeness (QED) is 0.604. The summed E-state index contributed by atoms with van der Waals surface area (Å²) in [4.78, 5) is 24.9. The van der Waals surface area contributed by atoms with Crippen LogP contribution in [-0.2, 0) is 6.54 Å². The second kappa shape index (κ2) is 6.59. The number of hydrogen-bond acceptors (Lipinski definition) is 5. The van der Waals surface area contributed by atoms with Crippen molar-refractivity contribution in [2.75, 3.05) is 18.9 Å². The highest BCUT2D eigenvalue weighted by Gasteiger charge is 2.17. The number of aromatic nitrogens is 1. The van der Waals surface area contributed by atoms with Crippen LogP contribution >= 0.6 is 0 Å². The van der Waals surface area contributed by atoms with E-state index in [1.54, 1.807) is 35.1 Å². The van der Waals surface area contributed by atoms with E-state index in [-0.39, 0.29) is 18.7 Å². The van der Waals surface area contributed by atoms with Crippen LogP contribution in [0.25, 0.3) is 10.9 Å². The van der Waals surface area contributed by atoms with Crippen LogP contribution in [0.15, 0.2) is 52.0 Å². The Morgan fingerprint density at radius 1 is 1.29 bits per heavy atom. The third-order valence-corrected chi connectivity index (χ3v) is 3.69. The molecule has 0 unspecified atom stereocenters. The lowest BCUT2D eigenvalue weighted by molar-refractivity contribution is 0.0943. The number of nitrogen functional groups attached to an aromatic ring is 1. The molecule has 2 heterocycles. The normalized spacial score (nSPS) is 10.9. The van der Waals surface area contributed by atoms with E-state index >= 15 is 0 Å². The minimum atomic E-state index is -0.549. The molecule has 0 saturated carbocycles. The topological polar surface area (TPSA) is 110 Å². The number of hydrogen-bond donors (Lipinski definition) is 3. The van der Waals surface area contributed by atoms with E-state index in [2.05, 4.69) is 5.32 Å². The van der Waals surface area contributed by atoms with Gasteiger partial charge in [-0.15, -0.1) is 0 Å². The van der Waals surface area contributed by atoms with Gasteiger partial charge in [0.1, 0.15) is 11.3 Å². The van der Waals surface area contributed by atoms with Gasteiger partial charge in [-0.2, -0.15) is 0 Å². The second-order valence-corrected chi connectivity index (χ2v) is 5.30. The lowest BCUT2D eigenvalue weighted by Gasteiger charge is -2.13. The van der Waals surface area contributed by atoms with Crippen molar-refractivity contribution in [3.63, 3.8) is 0 Å². The molecule has 4 N–H and O–H groups in total. The third kappa shape index (κ3) is 2.89. The summed E-state index contributed by atoms with van der Waals surface area (Å²) < 4.78 is 7.10. The lowest BCUT2D eigenvalue weighted by atomic mass is 10.1. The maximum atomic E-state index is 12.7. The molecule has 1 amide bonds. The average Bonchev–Trinajstić information content (AvgIpc) is 3.08. The Morgan fingerprint density at radius 2 is 2.12 bits per heavy atom. The van der Waals surface area contributed by atoms with Gasteiger partial charge in [0.05, 0.1) is 30.3 Å². The number of furan rings is 1. The fraction of sp³-hybridized carbons (Fsp3) is 0.176. The van der Waals surface area contributed by atoms with E-state index < -0.39 is 11.3 Å². The van der Waals surface area contributed by atoms with Gasteiger partial charge < -0.3 is 25.1 Å². The maximum Gasteiger partial charge on any atom is 0.256 e. The number of carbonyl (C=O) groups is 1. The van der Waals surface area contributed by atoms with Crippen LogP contribution in [0, 0.1) is 0 Å². The summed E-state index contributed by atoms with van der Waals surface area (Å²) in [7, 11) is 0. The molecule has 0 radical (unpaired) electrons. The minimum Gasteiger partial charge on any atom is -0.467 e. The Bertz CT molecular complexity index is 929. The maximum absolute atomic E-state index is 12.7. The molecule has 24 heavy (non-hydrogen) atoms. The molecular formula is C17H17N3O4. The summed E-state index contributed by atoms with van der Waals surface area (Å²) in [6, 6.07) is 8.72. The molecule has 3 rings (SSSR count). The predicted octanol–water partition coefficient (Wildman–Crippen LogP) is 0.947. The van der Waals surface area contributed by atoms with Gasteiger partial charge in [0, 0.05) is 18.4 Å². The number of carbonyl (C=O) groups excluding carboxylic acids is 1. The molecule has 124 valence electrons. The number of nitrogens with one attached hydrogen (secondary N) is 1. The predicted molar refractivity (Wildman–Crippen MR) is 89.8 cm³/mol. The fourth-order valence-electron chi connectivity index (χ4n) is 2.59. The summed E-state index contributed by atoms with van der Waals surface area (Å²) in [5.74, 6) is 0.136. The van der Waals surface area contributed by atoms with Crippen LogP contribution in [0.4, 0.5) is 5.69 Å². The molecule has 0 aliphatic rings. The molecule has 0 saturated heterocycles. The molecule has 3 aromatic rings. The van der Waals surface area contributed by atoms with E-state index in [1.165, 1.54) is 6.20 Å². The highest BCUT2D eigenvalue weighted by Crippen LogP contribution is 2.19. The second-order valence-electron chi connectivity index (χ2n) is 5.30. The first-order valence-electron chi connectivity index (χ1n) is 7.45. The first-order chi connectivity index (χ1) is 11.6. The van der Waals surface area contributed by atoms with E-state index in [0.29, 0.717) is 28.9 Å². The zero-order valence-corrected chi connectivity index (χ0v) is 12.9. The number of aliphatic hydroxyl groups is 1. The molecule has 7 nitrogen and oxygen atoms in total. The van der Waals surface area contributed by atoms with Crippen molar-refractivity contribution in [3.05, 3.63) is 64.3 Å². The highest BCUT2D eigenvalue weighted by atomic mass is 16.3. The fourth-order valence-corrected chi connectivity index (χ4v) is 2.59. The molecular weight excluding hydrogens is 310 g/mol. The highest BCUT2D eigenvalue weighted by molar-refractivity contribution is 6.00. The smallest absolute Gasteiger partial charge is 0.256 e. The SMILES string of the molecule is Nc1cccc2c1c(=O)c(C(=O)NCCO)cn2Cc1ccco1. The van der Waals surface area contributed by atoms with Crippen molar-refractivity contribution in [2.24, 2.45) is 0 Å². The molecule has 0 aliphatic carbocycles. The van der Waals surface area contributed by atoms with Crippen LogP contribution in [0.3, 0.4) is 0 Å². The van der Waals surface area contributed by atoms with Crippen molar-refractivity contribution in [2.45, 2.75) is 6.54 Å². The number of nitrogens with zero attached hydrogens (tertiary/aromatic N) is 1. The van der Waals surface area contributed by atoms with Crippen molar-refractivity contribution in [1.82, 2.24) is 9.88 Å². The van der Waals surface area contributed by atoms with Gasteiger partial charge in [-0.25, -0.2) is 0 Å². The molecule has 0 aliphatic heterocycles. The number of rotatable bonds is 5. The number of anilines is 1. The van der Waals surface area contributed by atoms with Crippen LogP contribution in [-0.4, -0.2) is 28.7 Å². The Kier molecular flexibility index (Phi) is 4.35. The van der Waals surface area contributed by atoms with E-state index in [0.717, 1.165) is 0 Å². The summed E-state index contributed by atoms with van der Waals surface area (Å²) in [5.41, 5.74) is 6.43. The van der Waals surface area contributed by atoms with Gasteiger partial charge >= 0.3 is 0 Å². The van der Waals surface area contributed by atoms with Gasteiger partial charge in [0.25, 0.3) is 5.91 Å². The summed E-state index contributed by atoms with van der Waals surface area (Å²) in [5, 5.41) is 11.6. The number of aliphatic hydroxyl groups excluding tert-OH is 1. The molecule has 0 atom stereocenters. The third-order valence-electron chi connectivity index (χ3n) is 3.69. The van der Waals surface area contributed by atoms with Crippen LogP contribution < -0.4 is 16.5 Å². The first kappa shape index (κ1) is 15.8. The Hall–Kier alpha value is -3.06. The average molecular weight is 327 g/mol. The molecule has 0 spiro atoms. The van der Waals surface area contributed by atoms with Crippen molar-refractivity contribution < 1.29 is 14.3 Å². The van der Waals surface area contributed by atoms with Crippen LogP contribution in [0.5, 0.6) is 0 Å². The minimum absolute atomic E-state index is 0.0274. The summed E-state index contributed by atoms with van der Waals surface area (Å²) in [6.07, 6.45) is 3.04. The standard InChI is InChI=1S/C17H17N3O4/c18-13-4-1-5-14-15(13)16(22)12(17(23)19-6-7-21)10-20(14)9-11-3-2-8-24-11/h1-5,8,10,21H,6-7,9,18H2,(H,19,23). The number of pyridine rings is 1. The number of benzene rings is 1. The zero-order chi connectivity index (χ0) is 17.1. The van der Waals surface area contributed by atoms with Crippen molar-refractivity contribution in [3.8, 4) is 0 Å². The first-order valence-corrected chi connectivity index (χ1v) is 7.45. The molecule has 1 aromatic carbocycles. The van der Waals surface area contributed by atoms with Gasteiger partial charge in [0.2, 0.25) is 5.43 Å². The Morgan fingerprint density at radius 3 is 2.83 bits per heavy atom. The van der Waals surface area contributed by atoms with Crippen LogP contribution in [0.1, 0.15) is 16.1 Å². The van der Waals surface area contributed by atoms with Crippen LogP contribution in [0.2, 0.25) is 0 Å². The van der Waals surface area contributed by atoms with Gasteiger partial charge in [-0.1, -0.05) is 6.07 Å². The van der Waals surface area contributed by atoms with Gasteiger partial charge in [-0.05, 0) is 24.3 Å². The van der Waals surface area contributed by atoms with Gasteiger partial charge in [0.15, 0.2) is 0 Å². The van der Waals surface area contributed by atoms with Crippen molar-refractivity contribution >= 4 is 22.5 Å². The number of amides is 1. The number of fused-ring (bicyclic) bond motifs is 1. The van der Waals surface area contributed by atoms with E-state index in [1.807, 2.05) is 6.07 Å².